The monoisotopic (exact) mass is 426 g/mol. The van der Waals surface area contributed by atoms with Gasteiger partial charge in [0.1, 0.15) is 0 Å². The Morgan fingerprint density at radius 2 is 1.97 bits per heavy atom. The summed E-state index contributed by atoms with van der Waals surface area (Å²) in [6.45, 7) is 7.61. The lowest BCUT2D eigenvalue weighted by atomic mass is 10.2. The normalized spacial score (nSPS) is 12.9. The molecule has 1 aromatic carbocycles. The first kappa shape index (κ1) is 22.8. The van der Waals surface area contributed by atoms with Crippen molar-refractivity contribution >= 4 is 15.7 Å². The van der Waals surface area contributed by atoms with Gasteiger partial charge in [-0.3, -0.25) is 10.1 Å². The van der Waals surface area contributed by atoms with Crippen LogP contribution in [0.1, 0.15) is 58.4 Å². The largest absolute Gasteiger partial charge is 0.474 e. The third-order valence-corrected chi connectivity index (χ3v) is 6.41. The molecule has 0 radical (unpaired) electrons. The second-order valence-electron chi connectivity index (χ2n) is 6.39. The maximum Gasteiger partial charge on any atom is 0.312 e. The van der Waals surface area contributed by atoms with Crippen LogP contribution < -0.4 is 4.74 Å². The van der Waals surface area contributed by atoms with Gasteiger partial charge in [-0.15, -0.1) is 0 Å². The summed E-state index contributed by atoms with van der Waals surface area (Å²) in [7, 11) is -3.83. The summed E-state index contributed by atoms with van der Waals surface area (Å²) in [5.74, 6) is 0.673. The lowest BCUT2D eigenvalue weighted by molar-refractivity contribution is -0.386. The van der Waals surface area contributed by atoms with Gasteiger partial charge in [-0.2, -0.15) is 9.29 Å². The van der Waals surface area contributed by atoms with Crippen molar-refractivity contribution in [2.24, 2.45) is 0 Å². The van der Waals surface area contributed by atoms with E-state index in [9.17, 15) is 18.5 Å². The Hall–Kier alpha value is -2.53. The fraction of sp³-hybridized carbons (Fsp3) is 0.556. The number of sulfonamides is 1. The fourth-order valence-corrected chi connectivity index (χ4v) is 4.20. The molecule has 2 rings (SSSR count). The Morgan fingerprint density at radius 3 is 2.55 bits per heavy atom. The first-order valence-corrected chi connectivity index (χ1v) is 11.0. The summed E-state index contributed by atoms with van der Waals surface area (Å²) in [5, 5.41) is 15.4. The predicted octanol–water partition coefficient (Wildman–Crippen LogP) is 3.49. The van der Waals surface area contributed by atoms with Gasteiger partial charge >= 0.3 is 5.69 Å². The van der Waals surface area contributed by atoms with Crippen molar-refractivity contribution in [3.05, 3.63) is 40.0 Å². The first-order valence-electron chi connectivity index (χ1n) is 9.52. The Labute approximate surface area is 170 Å². The Morgan fingerprint density at radius 1 is 1.28 bits per heavy atom. The number of nitrogens with zero attached hydrogens (tertiary/aromatic N) is 4. The molecule has 1 unspecified atom stereocenters. The molecule has 1 aromatic heterocycles. The summed E-state index contributed by atoms with van der Waals surface area (Å²) in [4.78, 5) is 14.9. The number of benzene rings is 1. The number of aromatic nitrogens is 2. The van der Waals surface area contributed by atoms with Crippen LogP contribution in [0, 0.1) is 10.1 Å². The Kier molecular flexibility index (Phi) is 7.68. The Balaban J connectivity index is 2.29. The molecule has 160 valence electrons. The minimum Gasteiger partial charge on any atom is -0.474 e. The van der Waals surface area contributed by atoms with E-state index in [0.29, 0.717) is 12.2 Å². The molecular weight excluding hydrogens is 400 g/mol. The molecule has 11 heteroatoms. The molecule has 0 N–H and O–H groups in total. The molecule has 0 aliphatic heterocycles. The topological polar surface area (TPSA) is 129 Å². The first-order chi connectivity index (χ1) is 13.7. The number of nitro benzene ring substituents is 1. The number of hydrogen-bond donors (Lipinski definition) is 0. The van der Waals surface area contributed by atoms with Gasteiger partial charge in [0.15, 0.2) is 17.7 Å². The molecule has 0 aliphatic carbocycles. The van der Waals surface area contributed by atoms with Crippen LogP contribution in [0.2, 0.25) is 0 Å². The highest BCUT2D eigenvalue weighted by Crippen LogP contribution is 2.33. The second kappa shape index (κ2) is 9.79. The minimum absolute atomic E-state index is 0.0747. The van der Waals surface area contributed by atoms with Crippen LogP contribution in [0.15, 0.2) is 27.6 Å². The van der Waals surface area contributed by atoms with E-state index in [1.165, 1.54) is 16.4 Å². The molecule has 2 aromatic rings. The lowest BCUT2D eigenvalue weighted by Gasteiger charge is -2.18. The van der Waals surface area contributed by atoms with Crippen molar-refractivity contribution in [2.45, 2.75) is 58.0 Å². The third-order valence-electron chi connectivity index (χ3n) is 4.36. The van der Waals surface area contributed by atoms with Crippen LogP contribution in [0.3, 0.4) is 0 Å². The van der Waals surface area contributed by atoms with E-state index in [2.05, 4.69) is 17.1 Å². The van der Waals surface area contributed by atoms with Gasteiger partial charge in [0.25, 0.3) is 5.89 Å². The molecule has 10 nitrogen and oxygen atoms in total. The van der Waals surface area contributed by atoms with Crippen molar-refractivity contribution in [1.29, 1.82) is 0 Å². The number of ether oxygens (including phenoxy) is 1. The molecule has 1 atom stereocenters. The SMILES string of the molecule is CCCCc1noc(C(C)Oc2ccc(S(=O)(=O)N(CC)CC)cc2[N+](=O)[O-])n1. The van der Waals surface area contributed by atoms with E-state index in [1.807, 2.05) is 0 Å². The molecule has 0 bridgehead atoms. The Bertz CT molecular complexity index is 940. The number of aryl methyl sites for hydroxylation is 1. The molecule has 0 fully saturated rings. The molecule has 0 amide bonds. The summed E-state index contributed by atoms with van der Waals surface area (Å²) in [6.07, 6.45) is 1.85. The van der Waals surface area contributed by atoms with Crippen molar-refractivity contribution in [1.82, 2.24) is 14.4 Å². The third kappa shape index (κ3) is 5.30. The number of unbranched alkanes of at least 4 members (excludes halogenated alkanes) is 1. The second-order valence-corrected chi connectivity index (χ2v) is 8.33. The highest BCUT2D eigenvalue weighted by atomic mass is 32.2. The van der Waals surface area contributed by atoms with Gasteiger partial charge in [0, 0.05) is 25.6 Å². The van der Waals surface area contributed by atoms with Crippen molar-refractivity contribution < 1.29 is 22.6 Å². The molecule has 0 saturated carbocycles. The van der Waals surface area contributed by atoms with Crippen LogP contribution in [0.4, 0.5) is 5.69 Å². The molecular formula is C18H26N4O6S. The fourth-order valence-electron chi connectivity index (χ4n) is 2.72. The highest BCUT2D eigenvalue weighted by Gasteiger charge is 2.27. The average Bonchev–Trinajstić information content (AvgIpc) is 3.16. The highest BCUT2D eigenvalue weighted by molar-refractivity contribution is 7.89. The number of rotatable bonds is 11. The summed E-state index contributed by atoms with van der Waals surface area (Å²) < 4.78 is 37.3. The summed E-state index contributed by atoms with van der Waals surface area (Å²) in [5.41, 5.74) is -0.448. The minimum atomic E-state index is -3.83. The quantitative estimate of drug-likeness (QED) is 0.394. The van der Waals surface area contributed by atoms with Crippen LogP contribution in [0.5, 0.6) is 5.75 Å². The molecule has 29 heavy (non-hydrogen) atoms. The van der Waals surface area contributed by atoms with Gasteiger partial charge in [-0.25, -0.2) is 8.42 Å². The summed E-state index contributed by atoms with van der Waals surface area (Å²) in [6, 6.07) is 3.58. The lowest BCUT2D eigenvalue weighted by Crippen LogP contribution is -2.30. The van der Waals surface area contributed by atoms with Gasteiger partial charge in [0.05, 0.1) is 9.82 Å². The van der Waals surface area contributed by atoms with Crippen LogP contribution in [-0.4, -0.2) is 40.9 Å². The van der Waals surface area contributed by atoms with Gasteiger partial charge in [0.2, 0.25) is 10.0 Å². The molecule has 1 heterocycles. The van der Waals surface area contributed by atoms with E-state index >= 15 is 0 Å². The smallest absolute Gasteiger partial charge is 0.312 e. The van der Waals surface area contributed by atoms with E-state index in [0.717, 1.165) is 18.9 Å². The average molecular weight is 426 g/mol. The van der Waals surface area contributed by atoms with Crippen molar-refractivity contribution in [2.75, 3.05) is 13.1 Å². The molecule has 0 spiro atoms. The predicted molar refractivity (Wildman–Crippen MR) is 105 cm³/mol. The van der Waals surface area contributed by atoms with Crippen molar-refractivity contribution in [3.63, 3.8) is 0 Å². The maximum absolute atomic E-state index is 12.6. The van der Waals surface area contributed by atoms with Gasteiger partial charge < -0.3 is 9.26 Å². The van der Waals surface area contributed by atoms with Crippen LogP contribution in [0.25, 0.3) is 0 Å². The zero-order valence-corrected chi connectivity index (χ0v) is 17.8. The maximum atomic E-state index is 12.6. The molecule has 0 aliphatic rings. The zero-order chi connectivity index (χ0) is 21.6. The zero-order valence-electron chi connectivity index (χ0n) is 17.0. The standard InChI is InChI=1S/C18H26N4O6S/c1-5-8-9-17-19-18(28-20-17)13(4)27-16-11-10-14(12-15(16)22(23)24)29(25,26)21(6-2)7-3/h10-13H,5-9H2,1-4H3. The summed E-state index contributed by atoms with van der Waals surface area (Å²) >= 11 is 0. The van der Waals surface area contributed by atoms with Crippen LogP contribution in [-0.2, 0) is 16.4 Å². The number of hydrogen-bond acceptors (Lipinski definition) is 8. The van der Waals surface area contributed by atoms with Gasteiger partial charge in [-0.05, 0) is 25.5 Å². The van der Waals surface area contributed by atoms with Crippen LogP contribution >= 0.6 is 0 Å². The van der Waals surface area contributed by atoms with E-state index in [4.69, 9.17) is 9.26 Å². The van der Waals surface area contributed by atoms with E-state index in [-0.39, 0.29) is 29.6 Å². The van der Waals surface area contributed by atoms with E-state index < -0.39 is 26.7 Å². The van der Waals surface area contributed by atoms with E-state index in [1.54, 1.807) is 20.8 Å². The van der Waals surface area contributed by atoms with Crippen molar-refractivity contribution in [3.8, 4) is 5.75 Å². The van der Waals surface area contributed by atoms with Gasteiger partial charge in [-0.1, -0.05) is 32.3 Å². The molecule has 0 saturated heterocycles. The number of nitro groups is 1.